The third-order valence-electron chi connectivity index (χ3n) is 4.65. The fraction of sp³-hybridized carbons (Fsp3) is 0.632. The molecule has 0 aromatic heterocycles. The van der Waals surface area contributed by atoms with Crippen molar-refractivity contribution in [2.75, 3.05) is 18.8 Å². The molecule has 4 unspecified atom stereocenters. The van der Waals surface area contributed by atoms with Crippen molar-refractivity contribution >= 4 is 28.4 Å². The molecule has 7 heteroatoms. The Morgan fingerprint density at radius 2 is 2.15 bits per heavy atom. The number of hydrogen-bond donors (Lipinski definition) is 3. The number of nitrogens with one attached hydrogen (secondary N) is 2. The molecule has 2 rings (SSSR count). The van der Waals surface area contributed by atoms with Gasteiger partial charge in [0.1, 0.15) is 6.10 Å². The highest BCUT2D eigenvalue weighted by atomic mass is 35.5. The van der Waals surface area contributed by atoms with E-state index in [9.17, 15) is 9.32 Å². The highest BCUT2D eigenvalue weighted by Crippen LogP contribution is 2.24. The van der Waals surface area contributed by atoms with Gasteiger partial charge in [-0.05, 0) is 32.3 Å². The van der Waals surface area contributed by atoms with Crippen LogP contribution in [0.4, 0.5) is 0 Å². The Hall–Kier alpha value is -1.11. The van der Waals surface area contributed by atoms with Crippen LogP contribution >= 0.6 is 11.6 Å². The van der Waals surface area contributed by atoms with E-state index < -0.39 is 16.9 Å². The maximum Gasteiger partial charge on any atom is 0.191 e. The summed E-state index contributed by atoms with van der Waals surface area (Å²) in [7, 11) is -0.746. The smallest absolute Gasteiger partial charge is 0.191 e. The summed E-state index contributed by atoms with van der Waals surface area (Å²) in [6.45, 7) is 4.97. The van der Waals surface area contributed by atoms with Crippen molar-refractivity contribution in [2.24, 2.45) is 4.99 Å². The largest absolute Gasteiger partial charge is 0.386 e. The number of nitrogens with zero attached hydrogens (tertiary/aromatic N) is 1. The number of hydrogen-bond acceptors (Lipinski definition) is 3. The molecule has 0 amide bonds. The molecule has 3 N–H and O–H groups in total. The maximum atomic E-state index is 12.1. The Bertz CT molecular complexity index is 627. The number of aliphatic imine (C=N–C) groups is 1. The van der Waals surface area contributed by atoms with E-state index in [1.807, 2.05) is 32.0 Å². The topological polar surface area (TPSA) is 73.7 Å². The van der Waals surface area contributed by atoms with Gasteiger partial charge in [0, 0.05) is 45.0 Å². The zero-order chi connectivity index (χ0) is 18.9. The molecule has 0 saturated heterocycles. The van der Waals surface area contributed by atoms with Crippen LogP contribution in [0, 0.1) is 0 Å². The Morgan fingerprint density at radius 3 is 2.85 bits per heavy atom. The average molecular weight is 400 g/mol. The number of guanidine groups is 1. The van der Waals surface area contributed by atoms with Crippen molar-refractivity contribution in [1.82, 2.24) is 10.6 Å². The molecule has 1 aliphatic carbocycles. The van der Waals surface area contributed by atoms with Gasteiger partial charge in [-0.15, -0.1) is 0 Å². The zero-order valence-corrected chi connectivity index (χ0v) is 17.2. The molecule has 26 heavy (non-hydrogen) atoms. The molecule has 0 heterocycles. The Labute approximate surface area is 164 Å². The molecule has 1 aromatic carbocycles. The molecule has 0 spiro atoms. The van der Waals surface area contributed by atoms with Crippen molar-refractivity contribution in [2.45, 2.75) is 56.9 Å². The first-order valence-electron chi connectivity index (χ1n) is 9.39. The average Bonchev–Trinajstić information content (AvgIpc) is 2.66. The molecule has 146 valence electrons. The molecule has 0 aliphatic heterocycles. The highest BCUT2D eigenvalue weighted by molar-refractivity contribution is 7.85. The van der Waals surface area contributed by atoms with Crippen LogP contribution in [0.2, 0.25) is 5.02 Å². The van der Waals surface area contributed by atoms with E-state index in [1.54, 1.807) is 6.07 Å². The minimum atomic E-state index is -0.746. The summed E-state index contributed by atoms with van der Waals surface area (Å²) in [6.07, 6.45) is 3.32. The zero-order valence-electron chi connectivity index (χ0n) is 15.6. The van der Waals surface area contributed by atoms with Gasteiger partial charge in [-0.2, -0.15) is 0 Å². The second-order valence-corrected chi connectivity index (χ2v) is 8.97. The van der Waals surface area contributed by atoms with Crippen LogP contribution in [0.3, 0.4) is 0 Å². The summed E-state index contributed by atoms with van der Waals surface area (Å²) in [5.41, 5.74) is 0.685. The predicted octanol–water partition coefficient (Wildman–Crippen LogP) is 3.01. The van der Waals surface area contributed by atoms with E-state index >= 15 is 0 Å². The number of halogens is 1. The van der Waals surface area contributed by atoms with Crippen LogP contribution in [-0.2, 0) is 10.8 Å². The number of rotatable bonds is 7. The molecular weight excluding hydrogens is 370 g/mol. The van der Waals surface area contributed by atoms with Crippen LogP contribution < -0.4 is 10.6 Å². The number of aliphatic hydroxyl groups is 1. The predicted molar refractivity (Wildman–Crippen MR) is 110 cm³/mol. The summed E-state index contributed by atoms with van der Waals surface area (Å²) < 4.78 is 12.1. The summed E-state index contributed by atoms with van der Waals surface area (Å²) in [6, 6.07) is 7.54. The maximum absolute atomic E-state index is 12.1. The normalized spacial score (nSPS) is 23.3. The number of aliphatic hydroxyl groups excluding tert-OH is 1. The minimum Gasteiger partial charge on any atom is -0.386 e. The van der Waals surface area contributed by atoms with Gasteiger partial charge in [-0.3, -0.25) is 9.20 Å². The Kier molecular flexibility index (Phi) is 8.88. The lowest BCUT2D eigenvalue weighted by Gasteiger charge is -2.30. The van der Waals surface area contributed by atoms with E-state index in [0.717, 1.165) is 38.0 Å². The minimum absolute atomic E-state index is 0.232. The number of benzene rings is 1. The van der Waals surface area contributed by atoms with Gasteiger partial charge >= 0.3 is 0 Å². The van der Waals surface area contributed by atoms with Gasteiger partial charge in [0.05, 0.1) is 6.54 Å². The van der Waals surface area contributed by atoms with Crippen LogP contribution in [0.25, 0.3) is 0 Å². The first-order chi connectivity index (χ1) is 12.5. The van der Waals surface area contributed by atoms with Gasteiger partial charge in [-0.1, -0.05) is 43.1 Å². The van der Waals surface area contributed by atoms with Crippen molar-refractivity contribution in [3.63, 3.8) is 0 Å². The van der Waals surface area contributed by atoms with Crippen LogP contribution in [0.5, 0.6) is 0 Å². The molecule has 5 nitrogen and oxygen atoms in total. The van der Waals surface area contributed by atoms with Crippen LogP contribution in [0.15, 0.2) is 29.3 Å². The second kappa shape index (κ2) is 10.9. The lowest BCUT2D eigenvalue weighted by atomic mass is 9.95. The first kappa shape index (κ1) is 21.2. The Balaban J connectivity index is 1.98. The second-order valence-electron chi connectivity index (χ2n) is 6.56. The van der Waals surface area contributed by atoms with Gasteiger partial charge < -0.3 is 15.7 Å². The van der Waals surface area contributed by atoms with Gasteiger partial charge in [0.15, 0.2) is 5.96 Å². The van der Waals surface area contributed by atoms with Crippen molar-refractivity contribution < 1.29 is 9.32 Å². The van der Waals surface area contributed by atoms with Gasteiger partial charge in [0.25, 0.3) is 0 Å². The SMILES string of the molecule is CCNC(=NCC(O)c1ccccc1Cl)NC1CCCC(S(=O)CC)C1. The summed E-state index contributed by atoms with van der Waals surface area (Å²) in [5, 5.41) is 17.9. The first-order valence-corrected chi connectivity index (χ1v) is 11.2. The van der Waals surface area contributed by atoms with E-state index in [4.69, 9.17) is 11.6 Å². The molecule has 1 aliphatic rings. The van der Waals surface area contributed by atoms with E-state index in [2.05, 4.69) is 15.6 Å². The fourth-order valence-corrected chi connectivity index (χ4v) is 4.89. The molecule has 1 aromatic rings. The molecule has 4 atom stereocenters. The van der Waals surface area contributed by atoms with Crippen molar-refractivity contribution in [1.29, 1.82) is 0 Å². The Morgan fingerprint density at radius 1 is 1.38 bits per heavy atom. The highest BCUT2D eigenvalue weighted by Gasteiger charge is 2.26. The molecule has 0 bridgehead atoms. The monoisotopic (exact) mass is 399 g/mol. The standard InChI is InChI=1S/C19H30ClN3O2S/c1-3-21-19(22-13-18(24)16-10-5-6-11-17(16)20)23-14-8-7-9-15(12-14)26(25)4-2/h5-6,10-11,14-15,18,24H,3-4,7-9,12-13H2,1-2H3,(H2,21,22,23). The quantitative estimate of drug-likeness (QED) is 0.486. The lowest BCUT2D eigenvalue weighted by molar-refractivity contribution is 0.187. The third kappa shape index (κ3) is 6.25. The molecule has 0 radical (unpaired) electrons. The van der Waals surface area contributed by atoms with Crippen molar-refractivity contribution in [3.8, 4) is 0 Å². The summed E-state index contributed by atoms with van der Waals surface area (Å²) >= 11 is 6.14. The molecule has 1 saturated carbocycles. The van der Waals surface area contributed by atoms with Crippen LogP contribution in [0.1, 0.15) is 51.2 Å². The van der Waals surface area contributed by atoms with E-state index in [0.29, 0.717) is 16.5 Å². The molecule has 1 fully saturated rings. The van der Waals surface area contributed by atoms with E-state index in [-0.39, 0.29) is 17.8 Å². The van der Waals surface area contributed by atoms with Gasteiger partial charge in [-0.25, -0.2) is 0 Å². The van der Waals surface area contributed by atoms with Crippen LogP contribution in [-0.4, -0.2) is 45.4 Å². The molecular formula is C19H30ClN3O2S. The van der Waals surface area contributed by atoms with Crippen molar-refractivity contribution in [3.05, 3.63) is 34.9 Å². The van der Waals surface area contributed by atoms with E-state index in [1.165, 1.54) is 0 Å². The summed E-state index contributed by atoms with van der Waals surface area (Å²) in [5.74, 6) is 1.40. The fourth-order valence-electron chi connectivity index (χ4n) is 3.29. The summed E-state index contributed by atoms with van der Waals surface area (Å²) in [4.78, 5) is 4.52. The van der Waals surface area contributed by atoms with Gasteiger partial charge in [0.2, 0.25) is 0 Å². The third-order valence-corrected chi connectivity index (χ3v) is 6.74. The lowest BCUT2D eigenvalue weighted by Crippen LogP contribution is -2.46.